The van der Waals surface area contributed by atoms with Crippen LogP contribution in [0.25, 0.3) is 5.76 Å². The van der Waals surface area contributed by atoms with Gasteiger partial charge in [-0.15, -0.1) is 0 Å². The average molecular weight is 488 g/mol. The number of aliphatic hydroxyl groups excluding tert-OH is 1. The first-order valence-corrected chi connectivity index (χ1v) is 11.6. The van der Waals surface area contributed by atoms with E-state index in [1.165, 1.54) is 4.90 Å². The molecule has 0 aromatic heterocycles. The van der Waals surface area contributed by atoms with Crippen LogP contribution in [0, 0.1) is 6.92 Å². The van der Waals surface area contributed by atoms with Gasteiger partial charge in [-0.3, -0.25) is 9.59 Å². The molecule has 4 rings (SSSR count). The third-order valence-electron chi connectivity index (χ3n) is 6.35. The SMILES string of the molecule is COc1ccc(/C(O)=C2\C(=O)C(=O)N(CCc3ccc(OC)c(OC)c3)C2c2cccc(C)c2)cc1. The zero-order valence-electron chi connectivity index (χ0n) is 20.8. The van der Waals surface area contributed by atoms with Gasteiger partial charge in [-0.25, -0.2) is 0 Å². The Labute approximate surface area is 210 Å². The van der Waals surface area contributed by atoms with Crippen LogP contribution in [0.4, 0.5) is 0 Å². The third kappa shape index (κ3) is 4.77. The molecule has 1 atom stereocenters. The monoisotopic (exact) mass is 487 g/mol. The van der Waals surface area contributed by atoms with E-state index >= 15 is 0 Å². The zero-order valence-corrected chi connectivity index (χ0v) is 20.8. The Kier molecular flexibility index (Phi) is 7.29. The summed E-state index contributed by atoms with van der Waals surface area (Å²) in [4.78, 5) is 28.0. The normalized spacial score (nSPS) is 16.8. The Morgan fingerprint density at radius 2 is 1.61 bits per heavy atom. The van der Waals surface area contributed by atoms with Gasteiger partial charge in [0, 0.05) is 12.1 Å². The standard InChI is InChI=1S/C29H29NO6/c1-18-6-5-7-21(16-18)26-25(27(31)20-9-11-22(34-2)12-10-20)28(32)29(33)30(26)15-14-19-8-13-23(35-3)24(17-19)36-4/h5-13,16-17,26,31H,14-15H2,1-4H3/b27-25+. The van der Waals surface area contributed by atoms with E-state index in [2.05, 4.69) is 0 Å². The fraction of sp³-hybridized carbons (Fsp3) is 0.241. The van der Waals surface area contributed by atoms with Gasteiger partial charge in [0.1, 0.15) is 11.5 Å². The predicted octanol–water partition coefficient (Wildman–Crippen LogP) is 4.69. The van der Waals surface area contributed by atoms with Gasteiger partial charge < -0.3 is 24.2 Å². The van der Waals surface area contributed by atoms with E-state index < -0.39 is 17.7 Å². The molecule has 7 nitrogen and oxygen atoms in total. The number of hydrogen-bond acceptors (Lipinski definition) is 6. The maximum atomic E-state index is 13.2. The second-order valence-electron chi connectivity index (χ2n) is 8.57. The van der Waals surface area contributed by atoms with Crippen molar-refractivity contribution in [2.75, 3.05) is 27.9 Å². The number of aliphatic hydroxyl groups is 1. The number of hydrogen-bond donors (Lipinski definition) is 1. The lowest BCUT2D eigenvalue weighted by atomic mass is 9.94. The van der Waals surface area contributed by atoms with Crippen molar-refractivity contribution in [3.63, 3.8) is 0 Å². The molecule has 186 valence electrons. The lowest BCUT2D eigenvalue weighted by molar-refractivity contribution is -0.139. The summed E-state index contributed by atoms with van der Waals surface area (Å²) in [5, 5.41) is 11.2. The van der Waals surface area contributed by atoms with Crippen LogP contribution in [0.2, 0.25) is 0 Å². The molecule has 3 aromatic rings. The molecule has 1 unspecified atom stereocenters. The number of ketones is 1. The number of ether oxygens (including phenoxy) is 3. The summed E-state index contributed by atoms with van der Waals surface area (Å²) in [6.45, 7) is 2.22. The molecule has 7 heteroatoms. The van der Waals surface area contributed by atoms with Crippen molar-refractivity contribution in [1.29, 1.82) is 0 Å². The van der Waals surface area contributed by atoms with Crippen molar-refractivity contribution < 1.29 is 28.9 Å². The third-order valence-corrected chi connectivity index (χ3v) is 6.35. The summed E-state index contributed by atoms with van der Waals surface area (Å²) in [5.74, 6) is 0.264. The second-order valence-corrected chi connectivity index (χ2v) is 8.57. The van der Waals surface area contributed by atoms with Crippen LogP contribution < -0.4 is 14.2 Å². The molecule has 0 saturated carbocycles. The van der Waals surface area contributed by atoms with E-state index in [-0.39, 0.29) is 17.9 Å². The van der Waals surface area contributed by atoms with E-state index in [1.54, 1.807) is 45.6 Å². The lowest BCUT2D eigenvalue weighted by Gasteiger charge is -2.26. The Balaban J connectivity index is 1.74. The van der Waals surface area contributed by atoms with Crippen LogP contribution in [0.3, 0.4) is 0 Å². The molecule has 1 fully saturated rings. The number of carbonyl (C=O) groups excluding carboxylic acids is 2. The molecular formula is C29H29NO6. The highest BCUT2D eigenvalue weighted by Crippen LogP contribution is 2.40. The van der Waals surface area contributed by atoms with Gasteiger partial charge in [0.05, 0.1) is 32.9 Å². The van der Waals surface area contributed by atoms with Crippen molar-refractivity contribution in [2.24, 2.45) is 0 Å². The Morgan fingerprint density at radius 3 is 2.25 bits per heavy atom. The number of benzene rings is 3. The Hall–Kier alpha value is -4.26. The highest BCUT2D eigenvalue weighted by molar-refractivity contribution is 6.46. The highest BCUT2D eigenvalue weighted by atomic mass is 16.5. The minimum Gasteiger partial charge on any atom is -0.507 e. The first kappa shape index (κ1) is 24.9. The quantitative estimate of drug-likeness (QED) is 0.282. The number of rotatable bonds is 8. The number of likely N-dealkylation sites (tertiary alicyclic amines) is 1. The summed E-state index contributed by atoms with van der Waals surface area (Å²) in [6, 6.07) is 19.2. The summed E-state index contributed by atoms with van der Waals surface area (Å²) in [5.41, 5.74) is 3.18. The fourth-order valence-corrected chi connectivity index (χ4v) is 4.49. The molecule has 3 aromatic carbocycles. The maximum Gasteiger partial charge on any atom is 0.295 e. The van der Waals surface area contributed by atoms with Crippen LogP contribution in [-0.2, 0) is 16.0 Å². The van der Waals surface area contributed by atoms with Gasteiger partial charge >= 0.3 is 0 Å². The Morgan fingerprint density at radius 1 is 0.889 bits per heavy atom. The number of nitrogens with zero attached hydrogens (tertiary/aromatic N) is 1. The number of Topliss-reactive ketones (excluding diaryl/α,β-unsaturated/α-hetero) is 1. The fourth-order valence-electron chi connectivity index (χ4n) is 4.49. The second kappa shape index (κ2) is 10.6. The average Bonchev–Trinajstić information content (AvgIpc) is 3.16. The molecule has 0 spiro atoms. The first-order chi connectivity index (χ1) is 17.4. The van der Waals surface area contributed by atoms with Gasteiger partial charge in [-0.2, -0.15) is 0 Å². The molecule has 1 aliphatic rings. The van der Waals surface area contributed by atoms with E-state index in [0.717, 1.165) is 16.7 Å². The highest BCUT2D eigenvalue weighted by Gasteiger charge is 2.45. The zero-order chi connectivity index (χ0) is 25.8. The molecule has 1 heterocycles. The Bertz CT molecular complexity index is 1310. The van der Waals surface area contributed by atoms with Crippen molar-refractivity contribution in [1.82, 2.24) is 4.90 Å². The number of aryl methyl sites for hydroxylation is 1. The lowest BCUT2D eigenvalue weighted by Crippen LogP contribution is -2.31. The molecule has 1 amide bonds. The number of carbonyl (C=O) groups is 2. The minimum absolute atomic E-state index is 0.0723. The van der Waals surface area contributed by atoms with Gasteiger partial charge in [0.2, 0.25) is 0 Å². The van der Waals surface area contributed by atoms with Gasteiger partial charge in [0.15, 0.2) is 11.5 Å². The van der Waals surface area contributed by atoms with E-state index in [1.807, 2.05) is 49.4 Å². The molecule has 0 aliphatic carbocycles. The van der Waals surface area contributed by atoms with Crippen LogP contribution in [0.5, 0.6) is 17.2 Å². The predicted molar refractivity (Wildman–Crippen MR) is 136 cm³/mol. The van der Waals surface area contributed by atoms with Crippen LogP contribution >= 0.6 is 0 Å². The maximum absolute atomic E-state index is 13.2. The summed E-state index contributed by atoms with van der Waals surface area (Å²) in [6.07, 6.45) is 0.484. The first-order valence-electron chi connectivity index (χ1n) is 11.6. The van der Waals surface area contributed by atoms with Gasteiger partial charge in [-0.05, 0) is 60.9 Å². The number of amides is 1. The van der Waals surface area contributed by atoms with E-state index in [0.29, 0.717) is 29.2 Å². The van der Waals surface area contributed by atoms with Crippen LogP contribution in [0.1, 0.15) is 28.3 Å². The molecule has 1 aliphatic heterocycles. The molecule has 36 heavy (non-hydrogen) atoms. The molecule has 0 bridgehead atoms. The topological polar surface area (TPSA) is 85.3 Å². The van der Waals surface area contributed by atoms with Crippen molar-refractivity contribution in [2.45, 2.75) is 19.4 Å². The summed E-state index contributed by atoms with van der Waals surface area (Å²) < 4.78 is 15.9. The summed E-state index contributed by atoms with van der Waals surface area (Å²) in [7, 11) is 4.69. The largest absolute Gasteiger partial charge is 0.507 e. The smallest absolute Gasteiger partial charge is 0.295 e. The van der Waals surface area contributed by atoms with Crippen molar-refractivity contribution in [3.8, 4) is 17.2 Å². The van der Waals surface area contributed by atoms with Gasteiger partial charge in [0.25, 0.3) is 11.7 Å². The summed E-state index contributed by atoms with van der Waals surface area (Å²) >= 11 is 0. The van der Waals surface area contributed by atoms with Crippen molar-refractivity contribution in [3.05, 3.63) is 94.6 Å². The molecule has 0 radical (unpaired) electrons. The van der Waals surface area contributed by atoms with E-state index in [9.17, 15) is 14.7 Å². The van der Waals surface area contributed by atoms with Crippen LogP contribution in [0.15, 0.2) is 72.3 Å². The van der Waals surface area contributed by atoms with Gasteiger partial charge in [-0.1, -0.05) is 35.9 Å². The minimum atomic E-state index is -0.716. The number of methoxy groups -OCH3 is 3. The molecule has 1 N–H and O–H groups in total. The van der Waals surface area contributed by atoms with Crippen molar-refractivity contribution >= 4 is 17.4 Å². The van der Waals surface area contributed by atoms with E-state index in [4.69, 9.17) is 14.2 Å². The molecule has 1 saturated heterocycles. The van der Waals surface area contributed by atoms with Crippen LogP contribution in [-0.4, -0.2) is 49.6 Å². The molecular weight excluding hydrogens is 458 g/mol.